The van der Waals surface area contributed by atoms with Gasteiger partial charge in [0.15, 0.2) is 0 Å². The van der Waals surface area contributed by atoms with Crippen LogP contribution in [0.25, 0.3) is 5.57 Å². The number of allylic oxidation sites excluding steroid dienone is 2. The lowest BCUT2D eigenvalue weighted by atomic mass is 9.90. The van der Waals surface area contributed by atoms with Crippen molar-refractivity contribution in [3.63, 3.8) is 0 Å². The van der Waals surface area contributed by atoms with Crippen LogP contribution in [0.3, 0.4) is 0 Å². The van der Waals surface area contributed by atoms with Crippen molar-refractivity contribution >= 4 is 11.5 Å². The fourth-order valence-electron chi connectivity index (χ4n) is 2.69. The summed E-state index contributed by atoms with van der Waals surface area (Å²) in [5.74, 6) is 0.0227. The van der Waals surface area contributed by atoms with Gasteiger partial charge in [0.05, 0.1) is 0 Å². The first-order valence-electron chi connectivity index (χ1n) is 7.81. The zero-order valence-electron chi connectivity index (χ0n) is 13.4. The van der Waals surface area contributed by atoms with Gasteiger partial charge < -0.3 is 10.2 Å². The average molecular weight is 286 g/mol. The van der Waals surface area contributed by atoms with E-state index < -0.39 is 0 Å². The molecule has 0 saturated carbocycles. The van der Waals surface area contributed by atoms with Crippen LogP contribution >= 0.6 is 0 Å². The van der Waals surface area contributed by atoms with E-state index in [9.17, 15) is 4.79 Å². The lowest BCUT2D eigenvalue weighted by molar-refractivity contribution is 0.0951. The van der Waals surface area contributed by atoms with Crippen LogP contribution in [0.2, 0.25) is 0 Å². The molecular weight excluding hydrogens is 260 g/mol. The van der Waals surface area contributed by atoms with Gasteiger partial charge in [0.25, 0.3) is 5.91 Å². The van der Waals surface area contributed by atoms with Crippen molar-refractivity contribution in [2.75, 3.05) is 27.2 Å². The molecule has 0 radical (unpaired) electrons. The molecule has 3 heteroatoms. The number of likely N-dealkylation sites (N-methyl/N-ethyl adjacent to an activating group) is 1. The zero-order valence-corrected chi connectivity index (χ0v) is 13.4. The van der Waals surface area contributed by atoms with Crippen molar-refractivity contribution in [3.05, 3.63) is 41.0 Å². The van der Waals surface area contributed by atoms with Crippen molar-refractivity contribution in [1.82, 2.24) is 10.2 Å². The molecule has 1 aromatic carbocycles. The average Bonchev–Trinajstić information content (AvgIpc) is 2.48. The van der Waals surface area contributed by atoms with Gasteiger partial charge in [-0.25, -0.2) is 0 Å². The highest BCUT2D eigenvalue weighted by molar-refractivity contribution is 5.95. The van der Waals surface area contributed by atoms with E-state index in [0.29, 0.717) is 6.54 Å². The monoisotopic (exact) mass is 286 g/mol. The van der Waals surface area contributed by atoms with Crippen molar-refractivity contribution in [2.45, 2.75) is 32.6 Å². The molecule has 0 spiro atoms. The van der Waals surface area contributed by atoms with Crippen LogP contribution in [0, 0.1) is 6.92 Å². The first-order valence-corrected chi connectivity index (χ1v) is 7.81. The molecule has 0 unspecified atom stereocenters. The Hall–Kier alpha value is -1.61. The highest BCUT2D eigenvalue weighted by Gasteiger charge is 2.12. The van der Waals surface area contributed by atoms with Crippen LogP contribution in [-0.4, -0.2) is 38.0 Å². The van der Waals surface area contributed by atoms with E-state index in [2.05, 4.69) is 35.3 Å². The SMILES string of the molecule is Cc1ccc(C(=O)NCCN(C)C)cc1C1=CCCCC1. The second-order valence-corrected chi connectivity index (χ2v) is 6.06. The maximum atomic E-state index is 12.2. The third-order valence-electron chi connectivity index (χ3n) is 3.98. The summed E-state index contributed by atoms with van der Waals surface area (Å²) in [6.45, 7) is 3.66. The number of hydrogen-bond donors (Lipinski definition) is 1. The van der Waals surface area contributed by atoms with Gasteiger partial charge in [-0.1, -0.05) is 12.1 Å². The van der Waals surface area contributed by atoms with Crippen LogP contribution in [0.15, 0.2) is 24.3 Å². The second-order valence-electron chi connectivity index (χ2n) is 6.06. The lowest BCUT2D eigenvalue weighted by Gasteiger charge is -2.16. The number of carbonyl (C=O) groups excluding carboxylic acids is 1. The Morgan fingerprint density at radius 3 is 2.76 bits per heavy atom. The first-order chi connectivity index (χ1) is 10.1. The summed E-state index contributed by atoms with van der Waals surface area (Å²) >= 11 is 0. The number of nitrogens with zero attached hydrogens (tertiary/aromatic N) is 1. The molecule has 1 amide bonds. The fraction of sp³-hybridized carbons (Fsp3) is 0.500. The standard InChI is InChI=1S/C18H26N2O/c1-14-9-10-16(18(21)19-11-12-20(2)3)13-17(14)15-7-5-4-6-8-15/h7,9-10,13H,4-6,8,11-12H2,1-3H3,(H,19,21). The molecule has 1 aromatic rings. The minimum absolute atomic E-state index is 0.0227. The number of benzene rings is 1. The number of rotatable bonds is 5. The van der Waals surface area contributed by atoms with Gasteiger partial charge in [0.2, 0.25) is 0 Å². The summed E-state index contributed by atoms with van der Waals surface area (Å²) < 4.78 is 0. The van der Waals surface area contributed by atoms with Crippen molar-refractivity contribution < 1.29 is 4.79 Å². The van der Waals surface area contributed by atoms with Crippen molar-refractivity contribution in [1.29, 1.82) is 0 Å². The molecule has 114 valence electrons. The second kappa shape index (κ2) is 7.41. The number of hydrogen-bond acceptors (Lipinski definition) is 2. The molecule has 2 rings (SSSR count). The van der Waals surface area contributed by atoms with E-state index in [1.807, 2.05) is 20.2 Å². The summed E-state index contributed by atoms with van der Waals surface area (Å²) in [6, 6.07) is 6.04. The molecule has 0 atom stereocenters. The van der Waals surface area contributed by atoms with Crippen molar-refractivity contribution in [2.24, 2.45) is 0 Å². The zero-order chi connectivity index (χ0) is 15.2. The van der Waals surface area contributed by atoms with Gasteiger partial charge in [-0.2, -0.15) is 0 Å². The summed E-state index contributed by atoms with van der Waals surface area (Å²) in [5.41, 5.74) is 4.67. The topological polar surface area (TPSA) is 32.3 Å². The van der Waals surface area contributed by atoms with Gasteiger partial charge in [-0.15, -0.1) is 0 Å². The molecule has 1 N–H and O–H groups in total. The van der Waals surface area contributed by atoms with E-state index in [-0.39, 0.29) is 5.91 Å². The molecule has 1 aliphatic carbocycles. The molecule has 0 aromatic heterocycles. The molecule has 0 saturated heterocycles. The van der Waals surface area contributed by atoms with Crippen molar-refractivity contribution in [3.8, 4) is 0 Å². The Bertz CT molecular complexity index is 532. The minimum atomic E-state index is 0.0227. The van der Waals surface area contributed by atoms with E-state index in [1.165, 1.54) is 29.5 Å². The van der Waals surface area contributed by atoms with Gasteiger partial charge in [-0.05, 0) is 75.5 Å². The Balaban J connectivity index is 2.10. The van der Waals surface area contributed by atoms with Gasteiger partial charge >= 0.3 is 0 Å². The molecule has 0 heterocycles. The highest BCUT2D eigenvalue weighted by Crippen LogP contribution is 2.29. The summed E-state index contributed by atoms with van der Waals surface area (Å²) in [6.07, 6.45) is 7.16. The number of amides is 1. The summed E-state index contributed by atoms with van der Waals surface area (Å²) in [7, 11) is 4.01. The number of carbonyl (C=O) groups is 1. The van der Waals surface area contributed by atoms with Crippen LogP contribution < -0.4 is 5.32 Å². The molecule has 1 aliphatic rings. The number of aryl methyl sites for hydroxylation is 1. The molecule has 0 bridgehead atoms. The van der Waals surface area contributed by atoms with E-state index in [0.717, 1.165) is 24.9 Å². The Labute approximate surface area is 128 Å². The van der Waals surface area contributed by atoms with Crippen LogP contribution in [0.5, 0.6) is 0 Å². The molecular formula is C18H26N2O. The minimum Gasteiger partial charge on any atom is -0.351 e. The Morgan fingerprint density at radius 1 is 1.29 bits per heavy atom. The van der Waals surface area contributed by atoms with E-state index in [1.54, 1.807) is 0 Å². The largest absolute Gasteiger partial charge is 0.351 e. The van der Waals surface area contributed by atoms with Crippen LogP contribution in [-0.2, 0) is 0 Å². The predicted octanol–water partition coefficient (Wildman–Crippen LogP) is 3.24. The highest BCUT2D eigenvalue weighted by atomic mass is 16.1. The fourth-order valence-corrected chi connectivity index (χ4v) is 2.69. The van der Waals surface area contributed by atoms with Crippen LogP contribution in [0.4, 0.5) is 0 Å². The third-order valence-corrected chi connectivity index (χ3v) is 3.98. The van der Waals surface area contributed by atoms with Gasteiger partial charge in [-0.3, -0.25) is 4.79 Å². The van der Waals surface area contributed by atoms with E-state index >= 15 is 0 Å². The van der Waals surface area contributed by atoms with Gasteiger partial charge in [0, 0.05) is 18.7 Å². The lowest BCUT2D eigenvalue weighted by Crippen LogP contribution is -2.31. The summed E-state index contributed by atoms with van der Waals surface area (Å²) in [4.78, 5) is 14.3. The van der Waals surface area contributed by atoms with Gasteiger partial charge in [0.1, 0.15) is 0 Å². The Kier molecular flexibility index (Phi) is 5.57. The smallest absolute Gasteiger partial charge is 0.251 e. The maximum absolute atomic E-state index is 12.2. The maximum Gasteiger partial charge on any atom is 0.251 e. The summed E-state index contributed by atoms with van der Waals surface area (Å²) in [5, 5.41) is 2.98. The Morgan fingerprint density at radius 2 is 2.10 bits per heavy atom. The normalized spacial score (nSPS) is 15.0. The quantitative estimate of drug-likeness (QED) is 0.901. The molecule has 3 nitrogen and oxygen atoms in total. The molecule has 21 heavy (non-hydrogen) atoms. The first kappa shape index (κ1) is 15.8. The number of nitrogens with one attached hydrogen (secondary N) is 1. The van der Waals surface area contributed by atoms with E-state index in [4.69, 9.17) is 0 Å². The van der Waals surface area contributed by atoms with Crippen LogP contribution in [0.1, 0.15) is 47.2 Å². The molecule has 0 aliphatic heterocycles. The predicted molar refractivity (Wildman–Crippen MR) is 88.5 cm³/mol. The molecule has 0 fully saturated rings. The third kappa shape index (κ3) is 4.43.